The molecule has 16 heavy (non-hydrogen) atoms. The van der Waals surface area contributed by atoms with Gasteiger partial charge in [0.25, 0.3) is 0 Å². The SMILES string of the molecule is Cc1cc(C)c(CCC(N)C2CC2)c(F)c1. The van der Waals surface area contributed by atoms with Crippen LogP contribution in [0.15, 0.2) is 12.1 Å². The van der Waals surface area contributed by atoms with Crippen LogP contribution in [-0.4, -0.2) is 6.04 Å². The van der Waals surface area contributed by atoms with Gasteiger partial charge < -0.3 is 5.73 Å². The van der Waals surface area contributed by atoms with E-state index in [4.69, 9.17) is 5.73 Å². The van der Waals surface area contributed by atoms with E-state index in [1.807, 2.05) is 19.9 Å². The Kier molecular flexibility index (Phi) is 3.29. The molecule has 1 unspecified atom stereocenters. The second kappa shape index (κ2) is 4.54. The van der Waals surface area contributed by atoms with Crippen LogP contribution in [-0.2, 0) is 6.42 Å². The fourth-order valence-corrected chi connectivity index (χ4v) is 2.33. The normalized spacial score (nSPS) is 17.5. The van der Waals surface area contributed by atoms with E-state index in [2.05, 4.69) is 0 Å². The van der Waals surface area contributed by atoms with Crippen molar-refractivity contribution in [3.05, 3.63) is 34.6 Å². The molecule has 1 atom stereocenters. The van der Waals surface area contributed by atoms with Crippen molar-refractivity contribution >= 4 is 0 Å². The molecule has 1 aliphatic rings. The zero-order valence-corrected chi connectivity index (χ0v) is 10.1. The summed E-state index contributed by atoms with van der Waals surface area (Å²) in [5, 5.41) is 0. The lowest BCUT2D eigenvalue weighted by Gasteiger charge is -2.12. The topological polar surface area (TPSA) is 26.0 Å². The summed E-state index contributed by atoms with van der Waals surface area (Å²) in [7, 11) is 0. The smallest absolute Gasteiger partial charge is 0.126 e. The second-order valence-corrected chi connectivity index (χ2v) is 5.08. The summed E-state index contributed by atoms with van der Waals surface area (Å²) in [5.74, 6) is 0.634. The number of hydrogen-bond acceptors (Lipinski definition) is 1. The van der Waals surface area contributed by atoms with E-state index in [1.54, 1.807) is 6.07 Å². The zero-order chi connectivity index (χ0) is 11.7. The summed E-state index contributed by atoms with van der Waals surface area (Å²) in [5.41, 5.74) is 8.93. The van der Waals surface area contributed by atoms with E-state index in [1.165, 1.54) is 12.8 Å². The van der Waals surface area contributed by atoms with Crippen molar-refractivity contribution in [1.82, 2.24) is 0 Å². The molecule has 0 aromatic heterocycles. The highest BCUT2D eigenvalue weighted by atomic mass is 19.1. The molecule has 0 spiro atoms. The lowest BCUT2D eigenvalue weighted by molar-refractivity contribution is 0.534. The maximum Gasteiger partial charge on any atom is 0.126 e. The van der Waals surface area contributed by atoms with Gasteiger partial charge in [0.1, 0.15) is 5.82 Å². The van der Waals surface area contributed by atoms with E-state index in [0.717, 1.165) is 29.5 Å². The Morgan fingerprint density at radius 3 is 2.62 bits per heavy atom. The predicted molar refractivity (Wildman–Crippen MR) is 64.9 cm³/mol. The molecular weight excluding hydrogens is 201 g/mol. The molecule has 0 radical (unpaired) electrons. The van der Waals surface area contributed by atoms with Gasteiger partial charge in [0.2, 0.25) is 0 Å². The number of nitrogens with two attached hydrogens (primary N) is 1. The molecule has 2 N–H and O–H groups in total. The Labute approximate surface area is 96.9 Å². The predicted octanol–water partition coefficient (Wildman–Crippen LogP) is 3.11. The summed E-state index contributed by atoms with van der Waals surface area (Å²) in [6.07, 6.45) is 4.20. The van der Waals surface area contributed by atoms with Crippen molar-refractivity contribution in [2.75, 3.05) is 0 Å². The first-order valence-corrected chi connectivity index (χ1v) is 6.09. The minimum Gasteiger partial charge on any atom is -0.327 e. The van der Waals surface area contributed by atoms with E-state index >= 15 is 0 Å². The molecule has 1 aromatic rings. The minimum absolute atomic E-state index is 0.0690. The molecular formula is C14H20FN. The van der Waals surface area contributed by atoms with Crippen molar-refractivity contribution in [3.63, 3.8) is 0 Å². The Hall–Kier alpha value is -0.890. The highest BCUT2D eigenvalue weighted by molar-refractivity contribution is 5.32. The van der Waals surface area contributed by atoms with E-state index in [-0.39, 0.29) is 11.9 Å². The zero-order valence-electron chi connectivity index (χ0n) is 10.1. The van der Waals surface area contributed by atoms with Crippen LogP contribution in [0.4, 0.5) is 4.39 Å². The molecule has 1 aromatic carbocycles. The fourth-order valence-electron chi connectivity index (χ4n) is 2.33. The first kappa shape index (κ1) is 11.6. The number of hydrogen-bond donors (Lipinski definition) is 1. The number of halogens is 1. The minimum atomic E-state index is -0.0690. The fraction of sp³-hybridized carbons (Fsp3) is 0.571. The van der Waals surface area contributed by atoms with Gasteiger partial charge in [-0.15, -0.1) is 0 Å². The highest BCUT2D eigenvalue weighted by Crippen LogP contribution is 2.33. The van der Waals surface area contributed by atoms with E-state index < -0.39 is 0 Å². The van der Waals surface area contributed by atoms with Crippen molar-refractivity contribution < 1.29 is 4.39 Å². The summed E-state index contributed by atoms with van der Waals surface area (Å²) in [4.78, 5) is 0. The second-order valence-electron chi connectivity index (χ2n) is 5.08. The number of benzene rings is 1. The Bertz CT molecular complexity index is 359. The van der Waals surface area contributed by atoms with Gasteiger partial charge in [-0.2, -0.15) is 0 Å². The molecule has 88 valence electrons. The van der Waals surface area contributed by atoms with Crippen LogP contribution in [0.3, 0.4) is 0 Å². The van der Waals surface area contributed by atoms with Gasteiger partial charge in [0.15, 0.2) is 0 Å². The van der Waals surface area contributed by atoms with Gasteiger partial charge >= 0.3 is 0 Å². The molecule has 2 rings (SSSR count). The van der Waals surface area contributed by atoms with Gasteiger partial charge in [0.05, 0.1) is 0 Å². The van der Waals surface area contributed by atoms with Crippen LogP contribution in [0.5, 0.6) is 0 Å². The van der Waals surface area contributed by atoms with Crippen LogP contribution in [0.1, 0.15) is 36.0 Å². The third kappa shape index (κ3) is 2.62. The van der Waals surface area contributed by atoms with Crippen LogP contribution in [0.2, 0.25) is 0 Å². The maximum atomic E-state index is 13.7. The van der Waals surface area contributed by atoms with Gasteiger partial charge in [-0.05, 0) is 68.2 Å². The van der Waals surface area contributed by atoms with E-state index in [9.17, 15) is 4.39 Å². The third-order valence-electron chi connectivity index (χ3n) is 3.52. The molecule has 0 aliphatic heterocycles. The summed E-state index contributed by atoms with van der Waals surface area (Å²) < 4.78 is 13.7. The first-order valence-electron chi connectivity index (χ1n) is 6.09. The molecule has 1 saturated carbocycles. The molecule has 0 bridgehead atoms. The van der Waals surface area contributed by atoms with Crippen LogP contribution < -0.4 is 5.73 Å². The van der Waals surface area contributed by atoms with Crippen LogP contribution >= 0.6 is 0 Å². The molecule has 0 heterocycles. The van der Waals surface area contributed by atoms with Gasteiger partial charge in [0, 0.05) is 6.04 Å². The summed E-state index contributed by atoms with van der Waals surface area (Å²) in [6, 6.07) is 3.92. The van der Waals surface area contributed by atoms with Crippen molar-refractivity contribution in [2.24, 2.45) is 11.7 Å². The lowest BCUT2D eigenvalue weighted by atomic mass is 9.97. The van der Waals surface area contributed by atoms with Gasteiger partial charge in [-0.25, -0.2) is 4.39 Å². The highest BCUT2D eigenvalue weighted by Gasteiger charge is 2.28. The first-order chi connectivity index (χ1) is 7.58. The van der Waals surface area contributed by atoms with Crippen LogP contribution in [0, 0.1) is 25.6 Å². The van der Waals surface area contributed by atoms with Crippen LogP contribution in [0.25, 0.3) is 0 Å². The monoisotopic (exact) mass is 221 g/mol. The molecule has 1 fully saturated rings. The molecule has 1 nitrogen and oxygen atoms in total. The van der Waals surface area contributed by atoms with Crippen molar-refractivity contribution in [1.29, 1.82) is 0 Å². The lowest BCUT2D eigenvalue weighted by Crippen LogP contribution is -2.23. The van der Waals surface area contributed by atoms with Crippen molar-refractivity contribution in [3.8, 4) is 0 Å². The number of rotatable bonds is 4. The van der Waals surface area contributed by atoms with Gasteiger partial charge in [-0.1, -0.05) is 6.07 Å². The quantitative estimate of drug-likeness (QED) is 0.830. The summed E-state index contributed by atoms with van der Waals surface area (Å²) >= 11 is 0. The molecule has 1 aliphatic carbocycles. The molecule has 0 saturated heterocycles. The summed E-state index contributed by atoms with van der Waals surface area (Å²) in [6.45, 7) is 3.91. The molecule has 0 amide bonds. The van der Waals surface area contributed by atoms with E-state index in [0.29, 0.717) is 5.92 Å². The standard InChI is InChI=1S/C14H20FN/c1-9-7-10(2)12(13(15)8-9)5-6-14(16)11-3-4-11/h7-8,11,14H,3-6,16H2,1-2H3. The average Bonchev–Trinajstić information content (AvgIpc) is 2.98. The van der Waals surface area contributed by atoms with Gasteiger partial charge in [-0.3, -0.25) is 0 Å². The maximum absolute atomic E-state index is 13.7. The van der Waals surface area contributed by atoms with Crippen molar-refractivity contribution in [2.45, 2.75) is 45.6 Å². The third-order valence-corrected chi connectivity index (χ3v) is 3.52. The number of aryl methyl sites for hydroxylation is 2. The molecule has 2 heteroatoms. The largest absolute Gasteiger partial charge is 0.327 e. The Morgan fingerprint density at radius 2 is 2.06 bits per heavy atom. The average molecular weight is 221 g/mol. The Morgan fingerprint density at radius 1 is 1.38 bits per heavy atom. The Balaban J connectivity index is 2.02.